The summed E-state index contributed by atoms with van der Waals surface area (Å²) < 4.78 is 4.57. The van der Waals surface area contributed by atoms with E-state index in [-0.39, 0.29) is 24.0 Å². The molecule has 0 saturated heterocycles. The van der Waals surface area contributed by atoms with Gasteiger partial charge in [-0.05, 0) is 40.5 Å². The normalized spacial score (nSPS) is 10.6. The van der Waals surface area contributed by atoms with Crippen molar-refractivity contribution in [3.63, 3.8) is 0 Å². The number of hydrogen-bond donors (Lipinski definition) is 0. The topological polar surface area (TPSA) is 16.8 Å². The summed E-state index contributed by atoms with van der Waals surface area (Å²) in [6.45, 7) is 5.33. The van der Waals surface area contributed by atoms with E-state index in [9.17, 15) is 0 Å². The van der Waals surface area contributed by atoms with Gasteiger partial charge in [0, 0.05) is 6.42 Å². The number of aryl methyl sites for hydroxylation is 2. The van der Waals surface area contributed by atoms with Gasteiger partial charge in [-0.15, -0.1) is 11.3 Å². The molecule has 0 radical (unpaired) electrons. The molecule has 0 spiro atoms. The van der Waals surface area contributed by atoms with Crippen LogP contribution in [0.25, 0.3) is 20.8 Å². The van der Waals surface area contributed by atoms with E-state index in [0.29, 0.717) is 0 Å². The molecule has 0 N–H and O–H groups in total. The number of pyridine rings is 1. The summed E-state index contributed by atoms with van der Waals surface area (Å²) in [4.78, 5) is 4.81. The Morgan fingerprint density at radius 2 is 2.10 bits per heavy atom. The fourth-order valence-corrected chi connectivity index (χ4v) is 3.85. The monoisotopic (exact) mass is 474 g/mol. The molecule has 0 bridgehead atoms. The van der Waals surface area contributed by atoms with Crippen LogP contribution in [0.2, 0.25) is 0 Å². The Bertz CT molecular complexity index is 770. The van der Waals surface area contributed by atoms with E-state index in [1.54, 1.807) is 11.3 Å². The molecule has 0 atom stereocenters. The number of para-hydroxylation sites is 1. The molecular formula is C16H16BrIN2S. The summed E-state index contributed by atoms with van der Waals surface area (Å²) in [6.07, 6.45) is 5.42. The Kier molecular flexibility index (Phi) is 5.73. The van der Waals surface area contributed by atoms with Crippen molar-refractivity contribution in [1.82, 2.24) is 4.98 Å². The molecule has 110 valence electrons. The lowest BCUT2D eigenvalue weighted by Crippen LogP contribution is -3.00. The molecule has 3 rings (SSSR count). The molecule has 21 heavy (non-hydrogen) atoms. The van der Waals surface area contributed by atoms with Crippen molar-refractivity contribution in [3.8, 4) is 10.6 Å². The highest BCUT2D eigenvalue weighted by atomic mass is 127. The molecule has 5 heteroatoms. The molecular weight excluding hydrogens is 459 g/mol. The van der Waals surface area contributed by atoms with Crippen LogP contribution in [0, 0.1) is 6.92 Å². The van der Waals surface area contributed by atoms with Crippen LogP contribution in [-0.4, -0.2) is 4.98 Å². The first kappa shape index (κ1) is 16.8. The maximum atomic E-state index is 4.81. The van der Waals surface area contributed by atoms with Gasteiger partial charge in [-0.25, -0.2) is 9.55 Å². The number of hydrogen-bond acceptors (Lipinski definition) is 2. The van der Waals surface area contributed by atoms with Gasteiger partial charge >= 0.3 is 0 Å². The number of thiazole rings is 1. The highest BCUT2D eigenvalue weighted by molar-refractivity contribution is 9.10. The minimum Gasteiger partial charge on any atom is -1.00 e. The Morgan fingerprint density at radius 1 is 1.29 bits per heavy atom. The van der Waals surface area contributed by atoms with E-state index in [2.05, 4.69) is 71.0 Å². The summed E-state index contributed by atoms with van der Waals surface area (Å²) in [7, 11) is 0. The van der Waals surface area contributed by atoms with Gasteiger partial charge in [-0.1, -0.05) is 19.1 Å². The zero-order valence-electron chi connectivity index (χ0n) is 11.9. The van der Waals surface area contributed by atoms with Crippen molar-refractivity contribution in [2.75, 3.05) is 0 Å². The fraction of sp³-hybridized carbons (Fsp3) is 0.250. The van der Waals surface area contributed by atoms with Crippen molar-refractivity contribution in [2.45, 2.75) is 26.8 Å². The average molecular weight is 475 g/mol. The highest BCUT2D eigenvalue weighted by Gasteiger charge is 2.12. The molecule has 1 aromatic carbocycles. The minimum atomic E-state index is 0. The quantitative estimate of drug-likeness (QED) is 0.417. The van der Waals surface area contributed by atoms with E-state index >= 15 is 0 Å². The van der Waals surface area contributed by atoms with Gasteiger partial charge in [0.1, 0.15) is 11.6 Å². The third-order valence-electron chi connectivity index (χ3n) is 3.24. The summed E-state index contributed by atoms with van der Waals surface area (Å²) in [5.74, 6) is 0. The number of fused-ring (bicyclic) bond motifs is 1. The van der Waals surface area contributed by atoms with Gasteiger partial charge in [0.2, 0.25) is 0 Å². The van der Waals surface area contributed by atoms with Gasteiger partial charge in [0.15, 0.2) is 12.4 Å². The maximum absolute atomic E-state index is 4.81. The third-order valence-corrected chi connectivity index (χ3v) is 4.74. The number of halogens is 2. The second-order valence-electron chi connectivity index (χ2n) is 4.92. The first-order valence-corrected chi connectivity index (χ1v) is 8.34. The first-order chi connectivity index (χ1) is 9.67. The SMILES string of the molecule is CCC[n+]1cc(Br)cc(-c2nc3c(C)cccc3s2)c1.[I-]. The van der Waals surface area contributed by atoms with Crippen molar-refractivity contribution in [1.29, 1.82) is 0 Å². The van der Waals surface area contributed by atoms with Gasteiger partial charge < -0.3 is 24.0 Å². The summed E-state index contributed by atoms with van der Waals surface area (Å²) >= 11 is 5.35. The number of rotatable bonds is 3. The summed E-state index contributed by atoms with van der Waals surface area (Å²) in [5, 5.41) is 1.08. The van der Waals surface area contributed by atoms with Gasteiger partial charge in [-0.3, -0.25) is 0 Å². The van der Waals surface area contributed by atoms with Gasteiger partial charge in [-0.2, -0.15) is 0 Å². The minimum absolute atomic E-state index is 0. The number of aromatic nitrogens is 2. The van der Waals surface area contributed by atoms with E-state index in [0.717, 1.165) is 28.0 Å². The largest absolute Gasteiger partial charge is 1.00 e. The second-order valence-corrected chi connectivity index (χ2v) is 6.87. The van der Waals surface area contributed by atoms with Crippen LogP contribution in [0.4, 0.5) is 0 Å². The van der Waals surface area contributed by atoms with Crippen LogP contribution < -0.4 is 28.5 Å². The van der Waals surface area contributed by atoms with E-state index in [1.165, 1.54) is 15.8 Å². The molecule has 2 heterocycles. The molecule has 0 unspecified atom stereocenters. The molecule has 0 saturated carbocycles. The van der Waals surface area contributed by atoms with Crippen molar-refractivity contribution in [2.24, 2.45) is 0 Å². The van der Waals surface area contributed by atoms with Crippen LogP contribution in [0.15, 0.2) is 41.1 Å². The van der Waals surface area contributed by atoms with Crippen LogP contribution in [-0.2, 0) is 6.54 Å². The number of nitrogens with zero attached hydrogens (tertiary/aromatic N) is 2. The molecule has 0 fully saturated rings. The molecule has 0 aliphatic rings. The van der Waals surface area contributed by atoms with Crippen LogP contribution in [0.3, 0.4) is 0 Å². The Hall–Kier alpha value is -0.530. The third kappa shape index (κ3) is 3.63. The molecule has 2 aromatic heterocycles. The summed E-state index contributed by atoms with van der Waals surface area (Å²) in [6, 6.07) is 8.49. The fourth-order valence-electron chi connectivity index (χ4n) is 2.31. The smallest absolute Gasteiger partial charge is 0.183 e. The average Bonchev–Trinajstić information content (AvgIpc) is 2.84. The zero-order chi connectivity index (χ0) is 14.1. The zero-order valence-corrected chi connectivity index (χ0v) is 16.5. The van der Waals surface area contributed by atoms with Crippen molar-refractivity contribution in [3.05, 3.63) is 46.7 Å². The lowest BCUT2D eigenvalue weighted by Gasteiger charge is -1.98. The van der Waals surface area contributed by atoms with Crippen LogP contribution >= 0.6 is 27.3 Å². The molecule has 2 nitrogen and oxygen atoms in total. The van der Waals surface area contributed by atoms with E-state index in [1.807, 2.05) is 0 Å². The standard InChI is InChI=1S/C16H16BrN2S.HI/c1-3-7-19-9-12(8-13(17)10-19)16-18-15-11(2)5-4-6-14(15)20-16;/h4-6,8-10H,3,7H2,1-2H3;1H/q+1;/p-1. The molecule has 0 amide bonds. The molecule has 3 aromatic rings. The van der Waals surface area contributed by atoms with E-state index in [4.69, 9.17) is 4.98 Å². The number of benzene rings is 1. The van der Waals surface area contributed by atoms with Crippen LogP contribution in [0.5, 0.6) is 0 Å². The van der Waals surface area contributed by atoms with Crippen molar-refractivity contribution >= 4 is 37.5 Å². The lowest BCUT2D eigenvalue weighted by atomic mass is 10.2. The Balaban J connectivity index is 0.00000161. The molecule has 0 aliphatic carbocycles. The molecule has 0 aliphatic heterocycles. The second kappa shape index (κ2) is 7.15. The van der Waals surface area contributed by atoms with Gasteiger partial charge in [0.25, 0.3) is 0 Å². The van der Waals surface area contributed by atoms with Crippen LogP contribution in [0.1, 0.15) is 18.9 Å². The van der Waals surface area contributed by atoms with E-state index < -0.39 is 0 Å². The lowest BCUT2D eigenvalue weighted by molar-refractivity contribution is -0.697. The highest BCUT2D eigenvalue weighted by Crippen LogP contribution is 2.31. The maximum Gasteiger partial charge on any atom is 0.183 e. The predicted octanol–water partition coefficient (Wildman–Crippen LogP) is 1.74. The predicted molar refractivity (Wildman–Crippen MR) is 88.0 cm³/mol. The van der Waals surface area contributed by atoms with Crippen molar-refractivity contribution < 1.29 is 28.5 Å². The summed E-state index contributed by atoms with van der Waals surface area (Å²) in [5.41, 5.74) is 3.53. The Morgan fingerprint density at radius 3 is 2.81 bits per heavy atom. The van der Waals surface area contributed by atoms with Gasteiger partial charge in [0.05, 0.1) is 20.3 Å². The first-order valence-electron chi connectivity index (χ1n) is 6.73. The Labute approximate surface area is 154 Å².